The number of hydrogen-bond donors (Lipinski definition) is 1. The SMILES string of the molecule is Cc1ccc(Oc2ccc(NC(=O)C3CCC(C)CC3)cc2)cc1. The van der Waals surface area contributed by atoms with Crippen LogP contribution < -0.4 is 10.1 Å². The summed E-state index contributed by atoms with van der Waals surface area (Å²) in [6.45, 7) is 4.31. The van der Waals surface area contributed by atoms with Gasteiger partial charge >= 0.3 is 0 Å². The predicted molar refractivity (Wildman–Crippen MR) is 97.4 cm³/mol. The van der Waals surface area contributed by atoms with Crippen LogP contribution in [0, 0.1) is 18.8 Å². The molecule has 24 heavy (non-hydrogen) atoms. The fourth-order valence-corrected chi connectivity index (χ4v) is 3.12. The molecular formula is C21H25NO2. The number of benzene rings is 2. The van der Waals surface area contributed by atoms with E-state index >= 15 is 0 Å². The molecule has 0 saturated heterocycles. The zero-order chi connectivity index (χ0) is 16.9. The van der Waals surface area contributed by atoms with Crippen LogP contribution in [0.3, 0.4) is 0 Å². The third-order valence-electron chi connectivity index (χ3n) is 4.77. The third-order valence-corrected chi connectivity index (χ3v) is 4.77. The van der Waals surface area contributed by atoms with Gasteiger partial charge in [-0.1, -0.05) is 24.6 Å². The molecular weight excluding hydrogens is 298 g/mol. The Bertz CT molecular complexity index is 668. The van der Waals surface area contributed by atoms with Crippen LogP contribution in [0.1, 0.15) is 38.2 Å². The van der Waals surface area contributed by atoms with Crippen molar-refractivity contribution in [1.82, 2.24) is 0 Å². The maximum absolute atomic E-state index is 12.3. The minimum atomic E-state index is 0.147. The van der Waals surface area contributed by atoms with Gasteiger partial charge in [0.1, 0.15) is 11.5 Å². The molecule has 0 heterocycles. The summed E-state index contributed by atoms with van der Waals surface area (Å²) in [5, 5.41) is 3.03. The maximum Gasteiger partial charge on any atom is 0.227 e. The molecule has 3 rings (SSSR count). The largest absolute Gasteiger partial charge is 0.457 e. The van der Waals surface area contributed by atoms with Crippen LogP contribution in [0.5, 0.6) is 11.5 Å². The lowest BCUT2D eigenvalue weighted by Crippen LogP contribution is -2.26. The average Bonchev–Trinajstić information content (AvgIpc) is 2.59. The van der Waals surface area contributed by atoms with Crippen molar-refractivity contribution in [1.29, 1.82) is 0 Å². The number of aryl methyl sites for hydroxylation is 1. The van der Waals surface area contributed by atoms with Crippen molar-refractivity contribution in [3.63, 3.8) is 0 Å². The topological polar surface area (TPSA) is 38.3 Å². The number of anilines is 1. The van der Waals surface area contributed by atoms with Crippen LogP contribution in [0.15, 0.2) is 48.5 Å². The van der Waals surface area contributed by atoms with E-state index in [1.165, 1.54) is 5.56 Å². The molecule has 0 bridgehead atoms. The lowest BCUT2D eigenvalue weighted by molar-refractivity contribution is -0.121. The molecule has 1 N–H and O–H groups in total. The molecule has 3 nitrogen and oxygen atoms in total. The van der Waals surface area contributed by atoms with Gasteiger partial charge in [-0.25, -0.2) is 0 Å². The Balaban J connectivity index is 1.56. The molecule has 3 heteroatoms. The van der Waals surface area contributed by atoms with Gasteiger partial charge in [0.25, 0.3) is 0 Å². The standard InChI is InChI=1S/C21H25NO2/c1-15-3-7-17(8-4-15)21(23)22-18-9-13-20(14-10-18)24-19-11-5-16(2)6-12-19/h5-6,9-15,17H,3-4,7-8H2,1-2H3,(H,22,23). The molecule has 0 aromatic heterocycles. The van der Waals surface area contributed by atoms with E-state index in [1.54, 1.807) is 0 Å². The molecule has 1 saturated carbocycles. The summed E-state index contributed by atoms with van der Waals surface area (Å²) in [5.74, 6) is 2.64. The van der Waals surface area contributed by atoms with Gasteiger partial charge in [-0.15, -0.1) is 0 Å². The van der Waals surface area contributed by atoms with Gasteiger partial charge in [-0.05, 0) is 74.9 Å². The third kappa shape index (κ3) is 4.38. The van der Waals surface area contributed by atoms with Crippen LogP contribution in [0.4, 0.5) is 5.69 Å². The van der Waals surface area contributed by atoms with Crippen molar-refractivity contribution in [2.75, 3.05) is 5.32 Å². The second kappa shape index (κ2) is 7.52. The van der Waals surface area contributed by atoms with E-state index < -0.39 is 0 Å². The highest BCUT2D eigenvalue weighted by Crippen LogP contribution is 2.29. The van der Waals surface area contributed by atoms with Crippen LogP contribution >= 0.6 is 0 Å². The molecule has 0 aliphatic heterocycles. The van der Waals surface area contributed by atoms with Crippen molar-refractivity contribution < 1.29 is 9.53 Å². The van der Waals surface area contributed by atoms with Crippen molar-refractivity contribution in [3.8, 4) is 11.5 Å². The molecule has 0 unspecified atom stereocenters. The first-order chi connectivity index (χ1) is 11.6. The van der Waals surface area contributed by atoms with Crippen molar-refractivity contribution in [2.24, 2.45) is 11.8 Å². The fraction of sp³-hybridized carbons (Fsp3) is 0.381. The minimum absolute atomic E-state index is 0.147. The Morgan fingerprint density at radius 1 is 0.917 bits per heavy atom. The average molecular weight is 323 g/mol. The molecule has 2 aromatic carbocycles. The molecule has 0 spiro atoms. The molecule has 1 aliphatic carbocycles. The van der Waals surface area contributed by atoms with E-state index in [0.29, 0.717) is 0 Å². The van der Waals surface area contributed by atoms with E-state index in [9.17, 15) is 4.79 Å². The summed E-state index contributed by atoms with van der Waals surface area (Å²) in [6.07, 6.45) is 4.31. The van der Waals surface area contributed by atoms with Gasteiger partial charge in [0.15, 0.2) is 0 Å². The lowest BCUT2D eigenvalue weighted by Gasteiger charge is -2.25. The maximum atomic E-state index is 12.3. The molecule has 0 radical (unpaired) electrons. The number of carbonyl (C=O) groups is 1. The monoisotopic (exact) mass is 323 g/mol. The number of rotatable bonds is 4. The van der Waals surface area contributed by atoms with Crippen LogP contribution in [0.25, 0.3) is 0 Å². The van der Waals surface area contributed by atoms with E-state index in [2.05, 4.69) is 12.2 Å². The number of nitrogens with one attached hydrogen (secondary N) is 1. The second-order valence-corrected chi connectivity index (χ2v) is 6.89. The summed E-state index contributed by atoms with van der Waals surface area (Å²) in [6, 6.07) is 15.5. The van der Waals surface area contributed by atoms with Gasteiger partial charge in [0, 0.05) is 11.6 Å². The van der Waals surface area contributed by atoms with Crippen molar-refractivity contribution >= 4 is 11.6 Å². The predicted octanol–water partition coefficient (Wildman–Crippen LogP) is 5.55. The number of amides is 1. The molecule has 1 amide bonds. The number of carbonyl (C=O) groups excluding carboxylic acids is 1. The molecule has 1 aliphatic rings. The first-order valence-electron chi connectivity index (χ1n) is 8.75. The lowest BCUT2D eigenvalue weighted by atomic mass is 9.82. The van der Waals surface area contributed by atoms with Gasteiger partial charge in [-0.3, -0.25) is 4.79 Å². The van der Waals surface area contributed by atoms with Gasteiger partial charge in [-0.2, -0.15) is 0 Å². The summed E-state index contributed by atoms with van der Waals surface area (Å²) >= 11 is 0. The van der Waals surface area contributed by atoms with Crippen molar-refractivity contribution in [2.45, 2.75) is 39.5 Å². The Morgan fingerprint density at radius 3 is 2.04 bits per heavy atom. The van der Waals surface area contributed by atoms with Gasteiger partial charge < -0.3 is 10.1 Å². The number of ether oxygens (including phenoxy) is 1. The Hall–Kier alpha value is -2.29. The van der Waals surface area contributed by atoms with Gasteiger partial charge in [0.05, 0.1) is 0 Å². The Labute approximate surface area is 144 Å². The first-order valence-corrected chi connectivity index (χ1v) is 8.75. The minimum Gasteiger partial charge on any atom is -0.457 e. The highest BCUT2D eigenvalue weighted by Gasteiger charge is 2.24. The van der Waals surface area contributed by atoms with Crippen molar-refractivity contribution in [3.05, 3.63) is 54.1 Å². The highest BCUT2D eigenvalue weighted by molar-refractivity contribution is 5.92. The second-order valence-electron chi connectivity index (χ2n) is 6.89. The highest BCUT2D eigenvalue weighted by atomic mass is 16.5. The summed E-state index contributed by atoms with van der Waals surface area (Å²) in [5.41, 5.74) is 2.03. The zero-order valence-corrected chi connectivity index (χ0v) is 14.4. The van der Waals surface area contributed by atoms with E-state index in [1.807, 2.05) is 55.5 Å². The van der Waals surface area contributed by atoms with E-state index in [-0.39, 0.29) is 11.8 Å². The quantitative estimate of drug-likeness (QED) is 0.801. The summed E-state index contributed by atoms with van der Waals surface area (Å²) in [4.78, 5) is 12.3. The molecule has 1 fully saturated rings. The van der Waals surface area contributed by atoms with Crippen LogP contribution in [-0.4, -0.2) is 5.91 Å². The normalized spacial score (nSPS) is 20.4. The van der Waals surface area contributed by atoms with Gasteiger partial charge in [0.2, 0.25) is 5.91 Å². The van der Waals surface area contributed by atoms with Crippen LogP contribution in [0.2, 0.25) is 0 Å². The molecule has 0 atom stereocenters. The molecule has 126 valence electrons. The number of hydrogen-bond acceptors (Lipinski definition) is 2. The Kier molecular flexibility index (Phi) is 5.19. The van der Waals surface area contributed by atoms with E-state index in [0.717, 1.165) is 48.8 Å². The fourth-order valence-electron chi connectivity index (χ4n) is 3.12. The summed E-state index contributed by atoms with van der Waals surface area (Å²) in [7, 11) is 0. The zero-order valence-electron chi connectivity index (χ0n) is 14.4. The van der Waals surface area contributed by atoms with E-state index in [4.69, 9.17) is 4.74 Å². The first kappa shape index (κ1) is 16.6. The Morgan fingerprint density at radius 2 is 1.46 bits per heavy atom. The van der Waals surface area contributed by atoms with Crippen LogP contribution in [-0.2, 0) is 4.79 Å². The summed E-state index contributed by atoms with van der Waals surface area (Å²) < 4.78 is 5.81. The smallest absolute Gasteiger partial charge is 0.227 e. The molecule has 2 aromatic rings.